The third-order valence-corrected chi connectivity index (χ3v) is 4.93. The van der Waals surface area contributed by atoms with Crippen LogP contribution in [0.5, 0.6) is 0 Å². The van der Waals surface area contributed by atoms with Crippen LogP contribution in [-0.4, -0.2) is 34.8 Å². The van der Waals surface area contributed by atoms with Crippen LogP contribution in [0, 0.1) is 18.7 Å². The Bertz CT molecular complexity index is 1030. The molecule has 2 amide bonds. The predicted molar refractivity (Wildman–Crippen MR) is 102 cm³/mol. The summed E-state index contributed by atoms with van der Waals surface area (Å²) in [4.78, 5) is 31.3. The van der Waals surface area contributed by atoms with Gasteiger partial charge in [-0.15, -0.1) is 0 Å². The lowest BCUT2D eigenvalue weighted by Crippen LogP contribution is -2.43. The zero-order valence-corrected chi connectivity index (χ0v) is 15.4. The van der Waals surface area contributed by atoms with E-state index in [4.69, 9.17) is 4.42 Å². The second-order valence-corrected chi connectivity index (χ2v) is 7.00. The number of carbonyl (C=O) groups is 2. The van der Waals surface area contributed by atoms with Crippen LogP contribution in [0.4, 0.5) is 10.1 Å². The molecule has 1 atom stereocenters. The fraction of sp³-hybridized carbons (Fsp3) is 0.286. The number of benzene rings is 2. The van der Waals surface area contributed by atoms with Crippen LogP contribution in [-0.2, 0) is 4.79 Å². The second-order valence-electron chi connectivity index (χ2n) is 7.00. The van der Waals surface area contributed by atoms with E-state index in [1.807, 2.05) is 0 Å². The number of nitrogens with one attached hydrogen (secondary N) is 1. The highest BCUT2D eigenvalue weighted by atomic mass is 19.1. The Hall–Kier alpha value is -3.22. The van der Waals surface area contributed by atoms with Gasteiger partial charge in [-0.2, -0.15) is 0 Å². The van der Waals surface area contributed by atoms with E-state index in [9.17, 15) is 14.0 Å². The fourth-order valence-electron chi connectivity index (χ4n) is 3.52. The van der Waals surface area contributed by atoms with Crippen molar-refractivity contribution < 1.29 is 18.4 Å². The summed E-state index contributed by atoms with van der Waals surface area (Å²) in [6.45, 7) is 2.70. The number of fused-ring (bicyclic) bond motifs is 1. The van der Waals surface area contributed by atoms with E-state index in [1.54, 1.807) is 30.0 Å². The molecule has 0 aliphatic carbocycles. The standard InChI is InChI=1S/C21H20FN3O3/c1-13-23-18-11-17(8-9-19(18)28-13)24-20(26)15-3-2-10-25(12-15)21(27)14-4-6-16(22)7-5-14/h4-9,11,15H,2-3,10,12H2,1H3,(H,24,26). The molecule has 7 heteroatoms. The molecule has 1 aliphatic rings. The maximum Gasteiger partial charge on any atom is 0.253 e. The van der Waals surface area contributed by atoms with Crippen molar-refractivity contribution in [3.8, 4) is 0 Å². The number of oxazole rings is 1. The maximum absolute atomic E-state index is 13.1. The Kier molecular flexibility index (Phi) is 4.81. The van der Waals surface area contributed by atoms with E-state index in [0.717, 1.165) is 6.42 Å². The molecule has 3 aromatic rings. The first-order valence-corrected chi connectivity index (χ1v) is 9.22. The van der Waals surface area contributed by atoms with Gasteiger partial charge in [0.15, 0.2) is 11.5 Å². The first kappa shape index (κ1) is 18.2. The maximum atomic E-state index is 13.1. The lowest BCUT2D eigenvalue weighted by atomic mass is 9.96. The van der Waals surface area contributed by atoms with Crippen molar-refractivity contribution in [2.75, 3.05) is 18.4 Å². The number of halogens is 1. The topological polar surface area (TPSA) is 75.4 Å². The normalized spacial score (nSPS) is 16.9. The van der Waals surface area contributed by atoms with Crippen LogP contribution in [0.2, 0.25) is 0 Å². The van der Waals surface area contributed by atoms with Gasteiger partial charge in [-0.05, 0) is 55.3 Å². The van der Waals surface area contributed by atoms with Gasteiger partial charge in [0.25, 0.3) is 5.91 Å². The molecule has 0 saturated carbocycles. The Morgan fingerprint density at radius 3 is 2.79 bits per heavy atom. The molecular weight excluding hydrogens is 361 g/mol. The molecule has 0 radical (unpaired) electrons. The minimum atomic E-state index is -0.383. The van der Waals surface area contributed by atoms with Crippen molar-refractivity contribution in [1.29, 1.82) is 0 Å². The molecule has 0 spiro atoms. The Morgan fingerprint density at radius 2 is 2.00 bits per heavy atom. The summed E-state index contributed by atoms with van der Waals surface area (Å²) in [5.74, 6) is -0.423. The summed E-state index contributed by atoms with van der Waals surface area (Å²) in [6, 6.07) is 10.8. The summed E-state index contributed by atoms with van der Waals surface area (Å²) in [5, 5.41) is 2.91. The van der Waals surface area contributed by atoms with Crippen LogP contribution in [0.3, 0.4) is 0 Å². The molecule has 1 fully saturated rings. The molecule has 1 aromatic heterocycles. The van der Waals surface area contributed by atoms with Gasteiger partial charge in [0.05, 0.1) is 5.92 Å². The van der Waals surface area contributed by atoms with Crippen LogP contribution in [0.15, 0.2) is 46.9 Å². The van der Waals surface area contributed by atoms with Crippen molar-refractivity contribution in [2.24, 2.45) is 5.92 Å². The van der Waals surface area contributed by atoms with Gasteiger partial charge in [-0.1, -0.05) is 0 Å². The molecule has 1 aliphatic heterocycles. The van der Waals surface area contributed by atoms with E-state index < -0.39 is 0 Å². The number of carbonyl (C=O) groups excluding carboxylic acids is 2. The van der Waals surface area contributed by atoms with Crippen LogP contribution < -0.4 is 5.32 Å². The molecule has 2 heterocycles. The molecule has 1 saturated heterocycles. The average molecular weight is 381 g/mol. The summed E-state index contributed by atoms with van der Waals surface area (Å²) >= 11 is 0. The number of amides is 2. The number of aromatic nitrogens is 1. The van der Waals surface area contributed by atoms with Gasteiger partial charge in [-0.25, -0.2) is 9.37 Å². The monoisotopic (exact) mass is 381 g/mol. The van der Waals surface area contributed by atoms with Gasteiger partial charge >= 0.3 is 0 Å². The Morgan fingerprint density at radius 1 is 1.21 bits per heavy atom. The van der Waals surface area contributed by atoms with Crippen LogP contribution >= 0.6 is 0 Å². The number of likely N-dealkylation sites (tertiary alicyclic amines) is 1. The fourth-order valence-corrected chi connectivity index (χ4v) is 3.52. The first-order chi connectivity index (χ1) is 13.5. The number of piperidine rings is 1. The molecule has 1 N–H and O–H groups in total. The third-order valence-electron chi connectivity index (χ3n) is 4.93. The van der Waals surface area contributed by atoms with Gasteiger partial charge in [0.2, 0.25) is 5.91 Å². The second kappa shape index (κ2) is 7.42. The summed E-state index contributed by atoms with van der Waals surface area (Å²) in [7, 11) is 0. The highest BCUT2D eigenvalue weighted by molar-refractivity contribution is 5.97. The van der Waals surface area contributed by atoms with Crippen molar-refractivity contribution >= 4 is 28.6 Å². The lowest BCUT2D eigenvalue weighted by molar-refractivity contribution is -0.121. The number of anilines is 1. The zero-order chi connectivity index (χ0) is 19.7. The number of rotatable bonds is 3. The lowest BCUT2D eigenvalue weighted by Gasteiger charge is -2.32. The molecule has 1 unspecified atom stereocenters. The minimum Gasteiger partial charge on any atom is -0.441 e. The SMILES string of the molecule is Cc1nc2cc(NC(=O)C3CCCN(C(=O)c4ccc(F)cc4)C3)ccc2o1. The molecular formula is C21H20FN3O3. The van der Waals surface area contributed by atoms with Gasteiger partial charge in [0.1, 0.15) is 11.3 Å². The number of hydrogen-bond acceptors (Lipinski definition) is 4. The average Bonchev–Trinajstić information content (AvgIpc) is 3.07. The van der Waals surface area contributed by atoms with Crippen molar-refractivity contribution in [3.05, 3.63) is 59.7 Å². The van der Waals surface area contributed by atoms with E-state index in [1.165, 1.54) is 24.3 Å². The molecule has 6 nitrogen and oxygen atoms in total. The number of nitrogens with zero attached hydrogens (tertiary/aromatic N) is 2. The summed E-state index contributed by atoms with van der Waals surface area (Å²) < 4.78 is 18.5. The summed E-state index contributed by atoms with van der Waals surface area (Å²) in [5.41, 5.74) is 2.43. The van der Waals surface area contributed by atoms with Crippen LogP contribution in [0.25, 0.3) is 11.1 Å². The minimum absolute atomic E-state index is 0.129. The molecule has 4 rings (SSSR count). The first-order valence-electron chi connectivity index (χ1n) is 9.22. The molecule has 144 valence electrons. The number of hydrogen-bond donors (Lipinski definition) is 1. The third kappa shape index (κ3) is 3.74. The Balaban J connectivity index is 1.43. The Labute approximate surface area is 161 Å². The van der Waals surface area contributed by atoms with E-state index in [-0.39, 0.29) is 23.5 Å². The van der Waals surface area contributed by atoms with Gasteiger partial charge in [0, 0.05) is 31.3 Å². The largest absolute Gasteiger partial charge is 0.441 e. The summed E-state index contributed by atoms with van der Waals surface area (Å²) in [6.07, 6.45) is 1.46. The van der Waals surface area contributed by atoms with Crippen LogP contribution in [0.1, 0.15) is 29.1 Å². The molecule has 0 bridgehead atoms. The quantitative estimate of drug-likeness (QED) is 0.749. The number of aryl methyl sites for hydroxylation is 1. The van der Waals surface area contributed by atoms with Crippen molar-refractivity contribution in [2.45, 2.75) is 19.8 Å². The van der Waals surface area contributed by atoms with E-state index >= 15 is 0 Å². The van der Waals surface area contributed by atoms with Gasteiger partial charge in [-0.3, -0.25) is 9.59 Å². The molecule has 28 heavy (non-hydrogen) atoms. The smallest absolute Gasteiger partial charge is 0.253 e. The highest BCUT2D eigenvalue weighted by Gasteiger charge is 2.29. The highest BCUT2D eigenvalue weighted by Crippen LogP contribution is 2.23. The van der Waals surface area contributed by atoms with Crippen molar-refractivity contribution in [3.63, 3.8) is 0 Å². The van der Waals surface area contributed by atoms with E-state index in [2.05, 4.69) is 10.3 Å². The van der Waals surface area contributed by atoms with Gasteiger partial charge < -0.3 is 14.6 Å². The van der Waals surface area contributed by atoms with Crippen molar-refractivity contribution in [1.82, 2.24) is 9.88 Å². The zero-order valence-electron chi connectivity index (χ0n) is 15.4. The van der Waals surface area contributed by atoms with E-state index in [0.29, 0.717) is 47.8 Å². The predicted octanol–water partition coefficient (Wildman–Crippen LogP) is 3.77. The molecule has 2 aromatic carbocycles.